The molecule has 11 aromatic rings. The van der Waals surface area contributed by atoms with Crippen LogP contribution in [0.25, 0.3) is 99.0 Å². The maximum Gasteiger partial charge on any atom is 0.145 e. The van der Waals surface area contributed by atoms with E-state index < -0.39 is 0 Å². The number of pyridine rings is 1. The SMILES string of the molecule is c1cc(-n2c3ccccc3c3ccc(-c4c(-n5c6ccccc6c6ccccc65)ccc5c4oc4ccccc45)cc32)c2cccnc2c1. The molecule has 0 N–H and O–H groups in total. The average Bonchev–Trinajstić information content (AvgIpc) is 3.82. The van der Waals surface area contributed by atoms with Crippen molar-refractivity contribution in [1.29, 1.82) is 0 Å². The number of hydrogen-bond acceptors (Lipinski definition) is 2. The Morgan fingerprint density at radius 1 is 0.408 bits per heavy atom. The van der Waals surface area contributed by atoms with E-state index in [1.54, 1.807) is 0 Å². The van der Waals surface area contributed by atoms with Gasteiger partial charge < -0.3 is 13.6 Å². The van der Waals surface area contributed by atoms with E-state index in [9.17, 15) is 0 Å². The third kappa shape index (κ3) is 3.66. The van der Waals surface area contributed by atoms with Crippen molar-refractivity contribution in [2.24, 2.45) is 0 Å². The van der Waals surface area contributed by atoms with Gasteiger partial charge >= 0.3 is 0 Å². The molecule has 0 saturated heterocycles. The molecule has 0 aliphatic rings. The Morgan fingerprint density at radius 2 is 1.00 bits per heavy atom. The monoisotopic (exact) mass is 625 g/mol. The van der Waals surface area contributed by atoms with Crippen LogP contribution in [-0.4, -0.2) is 14.1 Å². The minimum Gasteiger partial charge on any atom is -0.455 e. The van der Waals surface area contributed by atoms with Crippen molar-refractivity contribution in [3.05, 3.63) is 164 Å². The summed E-state index contributed by atoms with van der Waals surface area (Å²) in [5, 5.41) is 8.22. The summed E-state index contributed by atoms with van der Waals surface area (Å²) in [6, 6.07) is 56.4. The van der Waals surface area contributed by atoms with Gasteiger partial charge in [0.05, 0.1) is 39.0 Å². The summed E-state index contributed by atoms with van der Waals surface area (Å²) in [6.07, 6.45) is 1.86. The third-order valence-electron chi connectivity index (χ3n) is 10.2. The predicted octanol–water partition coefficient (Wildman–Crippen LogP) is 12.0. The molecular formula is C45H27N3O. The quantitative estimate of drug-likeness (QED) is 0.196. The van der Waals surface area contributed by atoms with E-state index in [0.29, 0.717) is 0 Å². The van der Waals surface area contributed by atoms with Gasteiger partial charge in [0, 0.05) is 49.5 Å². The average molecular weight is 626 g/mol. The maximum absolute atomic E-state index is 6.82. The van der Waals surface area contributed by atoms with Crippen molar-refractivity contribution in [2.45, 2.75) is 0 Å². The molecule has 4 heterocycles. The molecule has 0 aliphatic heterocycles. The number of nitrogens with zero attached hydrogens (tertiary/aromatic N) is 3. The van der Waals surface area contributed by atoms with Crippen LogP contribution in [0.2, 0.25) is 0 Å². The van der Waals surface area contributed by atoms with E-state index in [2.05, 4.69) is 155 Å². The normalized spacial score (nSPS) is 12.1. The molecule has 0 atom stereocenters. The Morgan fingerprint density at radius 3 is 1.73 bits per heavy atom. The summed E-state index contributed by atoms with van der Waals surface area (Å²) < 4.78 is 11.6. The van der Waals surface area contributed by atoms with Crippen LogP contribution >= 0.6 is 0 Å². The van der Waals surface area contributed by atoms with E-state index in [0.717, 1.165) is 66.4 Å². The number of rotatable bonds is 3. The van der Waals surface area contributed by atoms with Crippen LogP contribution in [0.3, 0.4) is 0 Å². The van der Waals surface area contributed by atoms with Gasteiger partial charge in [0.15, 0.2) is 0 Å². The molecule has 4 aromatic heterocycles. The van der Waals surface area contributed by atoms with Crippen LogP contribution in [0.4, 0.5) is 0 Å². The zero-order chi connectivity index (χ0) is 32.1. The first-order valence-electron chi connectivity index (χ1n) is 16.6. The first-order chi connectivity index (χ1) is 24.3. The smallest absolute Gasteiger partial charge is 0.145 e. The van der Waals surface area contributed by atoms with Crippen molar-refractivity contribution < 1.29 is 4.42 Å². The molecule has 4 nitrogen and oxygen atoms in total. The van der Waals surface area contributed by atoms with E-state index in [4.69, 9.17) is 9.40 Å². The van der Waals surface area contributed by atoms with E-state index in [1.807, 2.05) is 18.3 Å². The summed E-state index contributed by atoms with van der Waals surface area (Å²) >= 11 is 0. The zero-order valence-electron chi connectivity index (χ0n) is 26.3. The molecule has 49 heavy (non-hydrogen) atoms. The fraction of sp³-hybridized carbons (Fsp3) is 0. The molecule has 228 valence electrons. The molecule has 11 rings (SSSR count). The second-order valence-corrected chi connectivity index (χ2v) is 12.7. The number of hydrogen-bond donors (Lipinski definition) is 0. The molecule has 0 bridgehead atoms. The zero-order valence-corrected chi connectivity index (χ0v) is 26.3. The van der Waals surface area contributed by atoms with Crippen LogP contribution in [0.1, 0.15) is 0 Å². The standard InChI is InChI=1S/C45H27N3O/c1-5-17-37-29(11-1)30-12-2-6-18-38(30)47(37)41-25-24-34-33-14-4-8-21-43(33)49-45(34)44(41)28-22-23-32-31-13-3-7-19-39(31)48(42(32)27-28)40-20-9-16-36-35(40)15-10-26-46-36/h1-27H. The largest absolute Gasteiger partial charge is 0.455 e. The molecule has 0 spiro atoms. The van der Waals surface area contributed by atoms with Gasteiger partial charge in [-0.2, -0.15) is 0 Å². The summed E-state index contributed by atoms with van der Waals surface area (Å²) in [5.74, 6) is 0. The fourth-order valence-corrected chi connectivity index (χ4v) is 8.09. The lowest BCUT2D eigenvalue weighted by Gasteiger charge is -2.16. The van der Waals surface area contributed by atoms with E-state index in [1.165, 1.54) is 32.6 Å². The van der Waals surface area contributed by atoms with Crippen LogP contribution in [0.5, 0.6) is 0 Å². The number of para-hydroxylation sites is 4. The highest BCUT2D eigenvalue weighted by molar-refractivity contribution is 6.16. The summed E-state index contributed by atoms with van der Waals surface area (Å²) in [5.41, 5.74) is 11.7. The van der Waals surface area contributed by atoms with Gasteiger partial charge in [0.25, 0.3) is 0 Å². The molecule has 0 fully saturated rings. The predicted molar refractivity (Wildman–Crippen MR) is 203 cm³/mol. The number of aromatic nitrogens is 3. The van der Waals surface area contributed by atoms with Gasteiger partial charge in [-0.15, -0.1) is 0 Å². The lowest BCUT2D eigenvalue weighted by atomic mass is 9.98. The molecule has 0 aliphatic carbocycles. The Bertz CT molecular complexity index is 3060. The Hall–Kier alpha value is -6.65. The lowest BCUT2D eigenvalue weighted by molar-refractivity contribution is 0.670. The summed E-state index contributed by atoms with van der Waals surface area (Å²) in [7, 11) is 0. The first-order valence-corrected chi connectivity index (χ1v) is 16.6. The highest BCUT2D eigenvalue weighted by atomic mass is 16.3. The minimum absolute atomic E-state index is 0.886. The topological polar surface area (TPSA) is 35.9 Å². The molecule has 7 aromatic carbocycles. The van der Waals surface area contributed by atoms with Crippen molar-refractivity contribution in [3.8, 4) is 22.5 Å². The summed E-state index contributed by atoms with van der Waals surface area (Å²) in [4.78, 5) is 4.69. The Labute approximate surface area is 280 Å². The van der Waals surface area contributed by atoms with Crippen LogP contribution in [0.15, 0.2) is 168 Å². The number of benzene rings is 7. The summed E-state index contributed by atoms with van der Waals surface area (Å²) in [6.45, 7) is 0. The lowest BCUT2D eigenvalue weighted by Crippen LogP contribution is -1.99. The second kappa shape index (κ2) is 9.93. The number of furan rings is 1. The minimum atomic E-state index is 0.886. The number of fused-ring (bicyclic) bond motifs is 10. The molecular weight excluding hydrogens is 599 g/mol. The van der Waals surface area contributed by atoms with Gasteiger partial charge in [-0.3, -0.25) is 4.98 Å². The van der Waals surface area contributed by atoms with Crippen molar-refractivity contribution >= 4 is 76.5 Å². The highest BCUT2D eigenvalue weighted by Gasteiger charge is 2.22. The molecule has 0 radical (unpaired) electrons. The van der Waals surface area contributed by atoms with Gasteiger partial charge in [-0.25, -0.2) is 0 Å². The van der Waals surface area contributed by atoms with E-state index >= 15 is 0 Å². The van der Waals surface area contributed by atoms with Crippen molar-refractivity contribution in [3.63, 3.8) is 0 Å². The van der Waals surface area contributed by atoms with Gasteiger partial charge in [-0.05, 0) is 72.3 Å². The van der Waals surface area contributed by atoms with Gasteiger partial charge in [0.2, 0.25) is 0 Å². The molecule has 4 heteroatoms. The maximum atomic E-state index is 6.82. The molecule has 0 unspecified atom stereocenters. The molecule has 0 amide bonds. The van der Waals surface area contributed by atoms with Crippen LogP contribution in [-0.2, 0) is 0 Å². The van der Waals surface area contributed by atoms with Gasteiger partial charge in [-0.1, -0.05) is 91.0 Å². The first kappa shape index (κ1) is 26.4. The Kier molecular flexibility index (Phi) is 5.35. The fourth-order valence-electron chi connectivity index (χ4n) is 8.09. The Balaban J connectivity index is 1.30. The van der Waals surface area contributed by atoms with Gasteiger partial charge in [0.1, 0.15) is 11.2 Å². The van der Waals surface area contributed by atoms with Crippen LogP contribution < -0.4 is 0 Å². The van der Waals surface area contributed by atoms with Crippen molar-refractivity contribution in [1.82, 2.24) is 14.1 Å². The second-order valence-electron chi connectivity index (χ2n) is 12.7. The van der Waals surface area contributed by atoms with E-state index in [-0.39, 0.29) is 0 Å². The van der Waals surface area contributed by atoms with Crippen molar-refractivity contribution in [2.75, 3.05) is 0 Å². The molecule has 0 saturated carbocycles. The van der Waals surface area contributed by atoms with Crippen LogP contribution in [0, 0.1) is 0 Å². The highest BCUT2D eigenvalue weighted by Crippen LogP contribution is 2.44. The third-order valence-corrected chi connectivity index (χ3v) is 10.2.